The molecule has 4 aromatic rings. The highest BCUT2D eigenvalue weighted by atomic mass is 19.4. The van der Waals surface area contributed by atoms with Gasteiger partial charge in [0.2, 0.25) is 0 Å². The molecule has 1 fully saturated rings. The highest BCUT2D eigenvalue weighted by Crippen LogP contribution is 2.25. The minimum atomic E-state index is -4.78. The zero-order valence-corrected chi connectivity index (χ0v) is 23.8. The maximum atomic E-state index is 13.3. The average molecular weight is 589 g/mol. The monoisotopic (exact) mass is 588 g/mol. The standard InChI is InChI=1S/C34H35F3N4O2/c35-34(36,37)43-32-18-16-31(17-19-32)40-33(42)41(24-27-5-4-20-38-21-27)23-26-10-14-29(15-11-26)28-12-8-25(9-13-28)22-39-30-6-2-1-3-7-30/h4-5,8-21,30,39H,1-3,6-7,22-24H2,(H,40,42). The van der Waals surface area contributed by atoms with E-state index >= 15 is 0 Å². The first kappa shape index (κ1) is 30.1. The Labute approximate surface area is 249 Å². The molecule has 0 aliphatic heterocycles. The van der Waals surface area contributed by atoms with Crippen molar-refractivity contribution in [3.8, 4) is 16.9 Å². The van der Waals surface area contributed by atoms with E-state index in [1.54, 1.807) is 23.4 Å². The third kappa shape index (κ3) is 9.31. The lowest BCUT2D eigenvalue weighted by Gasteiger charge is -2.24. The number of hydrogen-bond donors (Lipinski definition) is 2. The fraction of sp³-hybridized carbons (Fsp3) is 0.294. The summed E-state index contributed by atoms with van der Waals surface area (Å²) in [6.45, 7) is 1.50. The molecule has 0 spiro atoms. The number of amides is 2. The fourth-order valence-electron chi connectivity index (χ4n) is 5.26. The summed E-state index contributed by atoms with van der Waals surface area (Å²) >= 11 is 0. The maximum Gasteiger partial charge on any atom is 0.573 e. The molecule has 0 unspecified atom stereocenters. The number of urea groups is 1. The molecule has 224 valence electrons. The minimum absolute atomic E-state index is 0.299. The number of hydrogen-bond acceptors (Lipinski definition) is 4. The van der Waals surface area contributed by atoms with Crippen molar-refractivity contribution in [1.82, 2.24) is 15.2 Å². The van der Waals surface area contributed by atoms with Gasteiger partial charge in [0.15, 0.2) is 0 Å². The molecule has 0 bridgehead atoms. The van der Waals surface area contributed by atoms with Gasteiger partial charge in [0.25, 0.3) is 0 Å². The molecule has 6 nitrogen and oxygen atoms in total. The lowest BCUT2D eigenvalue weighted by molar-refractivity contribution is -0.274. The van der Waals surface area contributed by atoms with Crippen LogP contribution in [0.2, 0.25) is 0 Å². The molecule has 5 rings (SSSR count). The molecule has 1 aliphatic carbocycles. The highest BCUT2D eigenvalue weighted by Gasteiger charge is 2.31. The summed E-state index contributed by atoms with van der Waals surface area (Å²) in [5, 5.41) is 6.46. The third-order valence-corrected chi connectivity index (χ3v) is 7.54. The molecular formula is C34H35F3N4O2. The van der Waals surface area contributed by atoms with Crippen LogP contribution in [0.15, 0.2) is 97.3 Å². The van der Waals surface area contributed by atoms with Gasteiger partial charge < -0.3 is 20.3 Å². The van der Waals surface area contributed by atoms with E-state index in [9.17, 15) is 18.0 Å². The molecule has 0 saturated heterocycles. The average Bonchev–Trinajstić information content (AvgIpc) is 3.02. The number of alkyl halides is 3. The van der Waals surface area contributed by atoms with Gasteiger partial charge in [-0.3, -0.25) is 4.98 Å². The van der Waals surface area contributed by atoms with E-state index in [1.807, 2.05) is 30.3 Å². The smallest absolute Gasteiger partial charge is 0.406 e. The van der Waals surface area contributed by atoms with E-state index in [0.29, 0.717) is 24.8 Å². The summed E-state index contributed by atoms with van der Waals surface area (Å²) in [5.74, 6) is -0.358. The van der Waals surface area contributed by atoms with Crippen LogP contribution in [0.5, 0.6) is 5.75 Å². The van der Waals surface area contributed by atoms with Crippen LogP contribution in [0.3, 0.4) is 0 Å². The molecule has 1 heterocycles. The third-order valence-electron chi connectivity index (χ3n) is 7.54. The van der Waals surface area contributed by atoms with Crippen molar-refractivity contribution in [3.05, 3.63) is 114 Å². The maximum absolute atomic E-state index is 13.3. The summed E-state index contributed by atoms with van der Waals surface area (Å²) in [6, 6.07) is 25.7. The van der Waals surface area contributed by atoms with Crippen LogP contribution in [-0.2, 0) is 19.6 Å². The number of carbonyl (C=O) groups excluding carboxylic acids is 1. The summed E-state index contributed by atoms with van der Waals surface area (Å²) < 4.78 is 41.4. The first-order valence-electron chi connectivity index (χ1n) is 14.5. The number of ether oxygens (including phenoxy) is 1. The van der Waals surface area contributed by atoms with Crippen LogP contribution in [0, 0.1) is 0 Å². The van der Waals surface area contributed by atoms with Gasteiger partial charge in [-0.2, -0.15) is 0 Å². The van der Waals surface area contributed by atoms with E-state index in [0.717, 1.165) is 40.9 Å². The van der Waals surface area contributed by atoms with Crippen molar-refractivity contribution >= 4 is 11.7 Å². The lowest BCUT2D eigenvalue weighted by Crippen LogP contribution is -2.34. The Hall–Kier alpha value is -4.37. The molecule has 9 heteroatoms. The summed E-state index contributed by atoms with van der Waals surface area (Å²) in [4.78, 5) is 19.1. The van der Waals surface area contributed by atoms with Gasteiger partial charge in [0, 0.05) is 43.8 Å². The van der Waals surface area contributed by atoms with E-state index < -0.39 is 12.4 Å². The Bertz CT molecular complexity index is 1440. The second kappa shape index (κ2) is 14.2. The van der Waals surface area contributed by atoms with Gasteiger partial charge in [-0.25, -0.2) is 4.79 Å². The molecule has 2 N–H and O–H groups in total. The molecule has 0 radical (unpaired) electrons. The van der Waals surface area contributed by atoms with Crippen molar-refractivity contribution in [2.45, 2.75) is 64.1 Å². The summed E-state index contributed by atoms with van der Waals surface area (Å²) in [7, 11) is 0. The highest BCUT2D eigenvalue weighted by molar-refractivity contribution is 5.89. The number of nitrogens with zero attached hydrogens (tertiary/aromatic N) is 2. The van der Waals surface area contributed by atoms with Crippen LogP contribution < -0.4 is 15.4 Å². The Morgan fingerprint density at radius 1 is 0.814 bits per heavy atom. The first-order valence-corrected chi connectivity index (χ1v) is 14.5. The van der Waals surface area contributed by atoms with Gasteiger partial charge >= 0.3 is 12.4 Å². The number of aromatic nitrogens is 1. The number of benzene rings is 3. The number of carbonyl (C=O) groups is 1. The Balaban J connectivity index is 1.22. The molecular weight excluding hydrogens is 553 g/mol. The van der Waals surface area contributed by atoms with Crippen molar-refractivity contribution < 1.29 is 22.7 Å². The van der Waals surface area contributed by atoms with Gasteiger partial charge in [0.1, 0.15) is 5.75 Å². The normalized spacial score (nSPS) is 13.8. The number of anilines is 1. The molecule has 0 atom stereocenters. The number of pyridine rings is 1. The number of rotatable bonds is 10. The predicted molar refractivity (Wildman–Crippen MR) is 161 cm³/mol. The van der Waals surface area contributed by atoms with E-state index in [4.69, 9.17) is 0 Å². The molecule has 43 heavy (non-hydrogen) atoms. The minimum Gasteiger partial charge on any atom is -0.406 e. The van der Waals surface area contributed by atoms with Gasteiger partial charge in [0.05, 0.1) is 0 Å². The van der Waals surface area contributed by atoms with Crippen LogP contribution in [0.1, 0.15) is 48.8 Å². The van der Waals surface area contributed by atoms with E-state index in [1.165, 1.54) is 49.8 Å². The van der Waals surface area contributed by atoms with E-state index in [-0.39, 0.29) is 5.75 Å². The predicted octanol–water partition coefficient (Wildman–Crippen LogP) is 8.30. The zero-order chi connectivity index (χ0) is 30.1. The SMILES string of the molecule is O=C(Nc1ccc(OC(F)(F)F)cc1)N(Cc1ccc(-c2ccc(CNC3CCCCC3)cc2)cc1)Cc1cccnc1. The van der Waals surface area contributed by atoms with Crippen molar-refractivity contribution in [2.24, 2.45) is 0 Å². The number of nitrogens with one attached hydrogen (secondary N) is 2. The Morgan fingerprint density at radius 3 is 2.05 bits per heavy atom. The largest absolute Gasteiger partial charge is 0.573 e. The van der Waals surface area contributed by atoms with E-state index in [2.05, 4.69) is 44.6 Å². The molecule has 3 aromatic carbocycles. The van der Waals surface area contributed by atoms with Gasteiger partial charge in [-0.15, -0.1) is 13.2 Å². The van der Waals surface area contributed by atoms with Crippen molar-refractivity contribution in [3.63, 3.8) is 0 Å². The quantitative estimate of drug-likeness (QED) is 0.196. The molecule has 1 saturated carbocycles. The Morgan fingerprint density at radius 2 is 1.44 bits per heavy atom. The lowest BCUT2D eigenvalue weighted by atomic mass is 9.95. The van der Waals surface area contributed by atoms with Crippen LogP contribution >= 0.6 is 0 Å². The molecule has 1 aliphatic rings. The first-order chi connectivity index (χ1) is 20.8. The van der Waals surface area contributed by atoms with Crippen LogP contribution in [-0.4, -0.2) is 28.3 Å². The van der Waals surface area contributed by atoms with Gasteiger partial charge in [-0.05, 0) is 71.0 Å². The van der Waals surface area contributed by atoms with Crippen LogP contribution in [0.25, 0.3) is 11.1 Å². The number of halogens is 3. The summed E-state index contributed by atoms with van der Waals surface area (Å²) in [6.07, 6.45) is 5.09. The summed E-state index contributed by atoms with van der Waals surface area (Å²) in [5.41, 5.74) is 5.61. The van der Waals surface area contributed by atoms with Crippen LogP contribution in [0.4, 0.5) is 23.7 Å². The fourth-order valence-corrected chi connectivity index (χ4v) is 5.26. The second-order valence-corrected chi connectivity index (χ2v) is 10.8. The second-order valence-electron chi connectivity index (χ2n) is 10.8. The topological polar surface area (TPSA) is 66.5 Å². The van der Waals surface area contributed by atoms with Crippen molar-refractivity contribution in [2.75, 3.05) is 5.32 Å². The molecule has 1 aromatic heterocycles. The zero-order valence-electron chi connectivity index (χ0n) is 23.8. The van der Waals surface area contributed by atoms with Gasteiger partial charge in [-0.1, -0.05) is 73.9 Å². The molecule has 2 amide bonds. The van der Waals surface area contributed by atoms with Crippen molar-refractivity contribution in [1.29, 1.82) is 0 Å². The Kier molecular flexibility index (Phi) is 9.94.